The fourth-order valence-corrected chi connectivity index (χ4v) is 3.99. The van der Waals surface area contributed by atoms with Crippen LogP contribution in [0.1, 0.15) is 38.9 Å². The summed E-state index contributed by atoms with van der Waals surface area (Å²) in [6.45, 7) is 7.31. The van der Waals surface area contributed by atoms with Gasteiger partial charge in [0.15, 0.2) is 17.3 Å². The molecule has 0 spiro atoms. The van der Waals surface area contributed by atoms with Crippen LogP contribution in [0.15, 0.2) is 34.9 Å². The number of hydrogen-bond donors (Lipinski definition) is 0. The van der Waals surface area contributed by atoms with Gasteiger partial charge in [-0.05, 0) is 51.1 Å². The molecule has 0 bridgehead atoms. The zero-order valence-electron chi connectivity index (χ0n) is 19.1. The molecule has 1 aromatic heterocycles. The van der Waals surface area contributed by atoms with Crippen LogP contribution in [0.25, 0.3) is 11.5 Å². The van der Waals surface area contributed by atoms with Crippen LogP contribution in [0.2, 0.25) is 5.02 Å². The quantitative estimate of drug-likeness (QED) is 0.406. The summed E-state index contributed by atoms with van der Waals surface area (Å²) in [7, 11) is 0. The average molecular weight is 490 g/mol. The fraction of sp³-hybridized carbons (Fsp3) is 0.375. The van der Waals surface area contributed by atoms with Gasteiger partial charge in [-0.15, -0.1) is 0 Å². The molecule has 1 saturated heterocycles. The van der Waals surface area contributed by atoms with Crippen LogP contribution in [0.4, 0.5) is 10.1 Å². The number of nitrogens with zero attached hydrogens (tertiary/aromatic N) is 3. The van der Waals surface area contributed by atoms with E-state index in [9.17, 15) is 9.18 Å². The van der Waals surface area contributed by atoms with Crippen LogP contribution in [-0.4, -0.2) is 42.4 Å². The zero-order valence-corrected chi connectivity index (χ0v) is 19.9. The molecule has 0 radical (unpaired) electrons. The molecule has 2 aromatic carbocycles. The van der Waals surface area contributed by atoms with Gasteiger partial charge in [-0.1, -0.05) is 16.8 Å². The summed E-state index contributed by atoms with van der Waals surface area (Å²) in [5.74, 6) is 1.28. The van der Waals surface area contributed by atoms with Gasteiger partial charge in [0.05, 0.1) is 24.8 Å². The number of amides is 1. The van der Waals surface area contributed by atoms with Gasteiger partial charge in [0, 0.05) is 30.1 Å². The van der Waals surface area contributed by atoms with Crippen molar-refractivity contribution < 1.29 is 27.9 Å². The number of ether oxygens (including phenoxy) is 3. The number of halogens is 2. The highest BCUT2D eigenvalue weighted by atomic mass is 35.5. The highest BCUT2D eigenvalue weighted by Gasteiger charge is 2.35. The van der Waals surface area contributed by atoms with Crippen molar-refractivity contribution >= 4 is 23.2 Å². The first-order valence-corrected chi connectivity index (χ1v) is 11.5. The molecular weight excluding hydrogens is 465 g/mol. The van der Waals surface area contributed by atoms with Crippen molar-refractivity contribution in [1.82, 2.24) is 10.1 Å². The molecule has 1 atom stereocenters. The van der Waals surface area contributed by atoms with E-state index in [-0.39, 0.29) is 29.2 Å². The lowest BCUT2D eigenvalue weighted by Crippen LogP contribution is -2.24. The van der Waals surface area contributed by atoms with Crippen LogP contribution >= 0.6 is 11.6 Å². The first-order valence-electron chi connectivity index (χ1n) is 11.1. The molecule has 180 valence electrons. The number of hydrogen-bond acceptors (Lipinski definition) is 7. The third-order valence-electron chi connectivity index (χ3n) is 5.30. The summed E-state index contributed by atoms with van der Waals surface area (Å²) in [6.07, 6.45) is 0.200. The summed E-state index contributed by atoms with van der Waals surface area (Å²) in [5, 5.41) is 4.07. The first-order chi connectivity index (χ1) is 16.4. The standard InChI is InChI=1S/C24H25ClFN3O5/c1-4-31-19-9-14(10-20(32-5-2)22(19)33-6-3)24-27-23(28-34-24)15-11-21(30)29(13-15)16-7-8-18(26)17(25)12-16/h7-10,12,15H,4-6,11,13H2,1-3H3/t15-/m0/s1. The van der Waals surface area contributed by atoms with Crippen molar-refractivity contribution in [2.45, 2.75) is 33.1 Å². The normalized spacial score (nSPS) is 15.6. The first kappa shape index (κ1) is 23.8. The molecule has 4 rings (SSSR count). The smallest absolute Gasteiger partial charge is 0.258 e. The van der Waals surface area contributed by atoms with E-state index in [2.05, 4.69) is 10.1 Å². The Hall–Kier alpha value is -3.33. The molecule has 8 nitrogen and oxygen atoms in total. The molecule has 3 aromatic rings. The molecule has 1 aliphatic rings. The minimum Gasteiger partial charge on any atom is -0.490 e. The molecule has 0 saturated carbocycles. The molecule has 0 unspecified atom stereocenters. The number of rotatable bonds is 9. The van der Waals surface area contributed by atoms with E-state index in [0.29, 0.717) is 60.7 Å². The zero-order chi connectivity index (χ0) is 24.2. The maximum absolute atomic E-state index is 13.5. The van der Waals surface area contributed by atoms with E-state index in [1.165, 1.54) is 18.2 Å². The largest absolute Gasteiger partial charge is 0.490 e. The van der Waals surface area contributed by atoms with Crippen molar-refractivity contribution in [2.24, 2.45) is 0 Å². The van der Waals surface area contributed by atoms with E-state index < -0.39 is 5.82 Å². The highest BCUT2D eigenvalue weighted by Crippen LogP contribution is 2.42. The van der Waals surface area contributed by atoms with E-state index in [1.54, 1.807) is 17.0 Å². The maximum atomic E-state index is 13.5. The van der Waals surface area contributed by atoms with Crippen molar-refractivity contribution in [2.75, 3.05) is 31.3 Å². The summed E-state index contributed by atoms with van der Waals surface area (Å²) < 4.78 is 36.3. The number of aromatic nitrogens is 2. The number of carbonyl (C=O) groups is 1. The molecule has 34 heavy (non-hydrogen) atoms. The molecule has 1 fully saturated rings. The van der Waals surface area contributed by atoms with Gasteiger partial charge in [-0.25, -0.2) is 4.39 Å². The molecule has 0 N–H and O–H groups in total. The predicted octanol–water partition coefficient (Wildman–Crippen LogP) is 5.25. The van der Waals surface area contributed by atoms with E-state index in [4.69, 9.17) is 30.3 Å². The third-order valence-corrected chi connectivity index (χ3v) is 5.59. The summed E-state index contributed by atoms with van der Waals surface area (Å²) >= 11 is 5.88. The second kappa shape index (κ2) is 10.3. The Kier molecular flexibility index (Phi) is 7.21. The Balaban J connectivity index is 1.60. The lowest BCUT2D eigenvalue weighted by atomic mass is 10.1. The summed E-state index contributed by atoms with van der Waals surface area (Å²) in [4.78, 5) is 18.7. The molecule has 1 amide bonds. The van der Waals surface area contributed by atoms with E-state index in [0.717, 1.165) is 0 Å². The summed E-state index contributed by atoms with van der Waals surface area (Å²) in [6, 6.07) is 7.72. The van der Waals surface area contributed by atoms with Crippen LogP contribution < -0.4 is 19.1 Å². The van der Waals surface area contributed by atoms with Crippen LogP contribution in [-0.2, 0) is 4.79 Å². The van der Waals surface area contributed by atoms with Crippen molar-refractivity contribution in [3.8, 4) is 28.7 Å². The van der Waals surface area contributed by atoms with Gasteiger partial charge in [-0.2, -0.15) is 4.98 Å². The van der Waals surface area contributed by atoms with Gasteiger partial charge < -0.3 is 23.6 Å². The second-order valence-corrected chi connectivity index (χ2v) is 7.97. The van der Waals surface area contributed by atoms with Gasteiger partial charge in [0.2, 0.25) is 11.7 Å². The number of carbonyl (C=O) groups excluding carboxylic acids is 1. The van der Waals surface area contributed by atoms with Gasteiger partial charge in [0.25, 0.3) is 5.89 Å². The van der Waals surface area contributed by atoms with Gasteiger partial charge in [-0.3, -0.25) is 4.79 Å². The highest BCUT2D eigenvalue weighted by molar-refractivity contribution is 6.31. The molecule has 0 aliphatic carbocycles. The summed E-state index contributed by atoms with van der Waals surface area (Å²) in [5.41, 5.74) is 1.14. The maximum Gasteiger partial charge on any atom is 0.258 e. The molecule has 1 aliphatic heterocycles. The molecule has 10 heteroatoms. The number of anilines is 1. The van der Waals surface area contributed by atoms with Crippen LogP contribution in [0.5, 0.6) is 17.2 Å². The van der Waals surface area contributed by atoms with E-state index >= 15 is 0 Å². The Morgan fingerprint density at radius 3 is 2.38 bits per heavy atom. The Morgan fingerprint density at radius 1 is 1.09 bits per heavy atom. The fourth-order valence-electron chi connectivity index (χ4n) is 3.81. The van der Waals surface area contributed by atoms with Crippen LogP contribution in [0.3, 0.4) is 0 Å². The Labute approximate surface area is 201 Å². The Morgan fingerprint density at radius 2 is 1.76 bits per heavy atom. The lowest BCUT2D eigenvalue weighted by molar-refractivity contribution is -0.117. The predicted molar refractivity (Wildman–Crippen MR) is 124 cm³/mol. The molecule has 2 heterocycles. The average Bonchev–Trinajstić information content (AvgIpc) is 3.45. The van der Waals surface area contributed by atoms with Crippen molar-refractivity contribution in [3.05, 3.63) is 47.0 Å². The van der Waals surface area contributed by atoms with Gasteiger partial charge >= 0.3 is 0 Å². The van der Waals surface area contributed by atoms with Gasteiger partial charge in [0.1, 0.15) is 5.82 Å². The minimum atomic E-state index is -0.537. The second-order valence-electron chi connectivity index (χ2n) is 7.56. The van der Waals surface area contributed by atoms with Crippen molar-refractivity contribution in [1.29, 1.82) is 0 Å². The topological polar surface area (TPSA) is 86.9 Å². The SMILES string of the molecule is CCOc1cc(-c2nc([C@H]3CC(=O)N(c4ccc(F)c(Cl)c4)C3)no2)cc(OCC)c1OCC. The van der Waals surface area contributed by atoms with Crippen molar-refractivity contribution in [3.63, 3.8) is 0 Å². The monoisotopic (exact) mass is 489 g/mol. The van der Waals surface area contributed by atoms with Crippen LogP contribution in [0, 0.1) is 5.82 Å². The number of benzene rings is 2. The van der Waals surface area contributed by atoms with E-state index in [1.807, 2.05) is 20.8 Å². The third kappa shape index (κ3) is 4.79. The molecular formula is C24H25ClFN3O5. The minimum absolute atomic E-state index is 0.0405. The Bertz CT molecular complexity index is 1160. The lowest BCUT2D eigenvalue weighted by Gasteiger charge is -2.16.